The van der Waals surface area contributed by atoms with Gasteiger partial charge in [0, 0.05) is 12.7 Å². The van der Waals surface area contributed by atoms with E-state index in [1.165, 1.54) is 23.5 Å². The van der Waals surface area contributed by atoms with Crippen LogP contribution >= 0.6 is 11.3 Å². The Bertz CT molecular complexity index is 517. The first kappa shape index (κ1) is 12.9. The minimum Gasteiger partial charge on any atom is -0.362 e. The Morgan fingerprint density at radius 2 is 1.89 bits per heavy atom. The van der Waals surface area contributed by atoms with Crippen molar-refractivity contribution in [2.24, 2.45) is 0 Å². The van der Waals surface area contributed by atoms with Crippen LogP contribution in [0.25, 0.3) is 10.4 Å². The molecular weight excluding hydrogens is 261 g/mol. The summed E-state index contributed by atoms with van der Waals surface area (Å²) in [5, 5.41) is 3.83. The van der Waals surface area contributed by atoms with Crippen LogP contribution in [-0.2, 0) is 6.18 Å². The number of alkyl halides is 3. The molecule has 1 aromatic heterocycles. The van der Waals surface area contributed by atoms with Gasteiger partial charge in [-0.05, 0) is 24.6 Å². The molecule has 1 aromatic carbocycles. The Hall–Kier alpha value is -1.56. The van der Waals surface area contributed by atoms with E-state index >= 15 is 0 Å². The first-order valence-corrected chi connectivity index (χ1v) is 6.19. The van der Waals surface area contributed by atoms with E-state index in [2.05, 4.69) is 10.3 Å². The van der Waals surface area contributed by atoms with Crippen LogP contribution in [0.5, 0.6) is 0 Å². The Labute approximate surface area is 106 Å². The van der Waals surface area contributed by atoms with Crippen molar-refractivity contribution in [2.45, 2.75) is 13.1 Å². The zero-order valence-electron chi connectivity index (χ0n) is 9.58. The standard InChI is InChI=1S/C12H11F3N2S/c1-2-16-11-17-7-10(18-11)8-3-5-9(6-4-8)12(13,14)15/h3-7H,2H2,1H3,(H,16,17). The van der Waals surface area contributed by atoms with Crippen molar-refractivity contribution in [3.05, 3.63) is 36.0 Å². The van der Waals surface area contributed by atoms with Crippen molar-refractivity contribution in [2.75, 3.05) is 11.9 Å². The number of anilines is 1. The Morgan fingerprint density at radius 3 is 2.44 bits per heavy atom. The molecule has 1 N–H and O–H groups in total. The molecule has 0 bridgehead atoms. The van der Waals surface area contributed by atoms with Crippen molar-refractivity contribution < 1.29 is 13.2 Å². The highest BCUT2D eigenvalue weighted by atomic mass is 32.1. The molecule has 96 valence electrons. The fourth-order valence-electron chi connectivity index (χ4n) is 1.46. The Kier molecular flexibility index (Phi) is 3.56. The molecule has 18 heavy (non-hydrogen) atoms. The van der Waals surface area contributed by atoms with Crippen molar-refractivity contribution in [3.63, 3.8) is 0 Å². The number of hydrogen-bond donors (Lipinski definition) is 1. The summed E-state index contributed by atoms with van der Waals surface area (Å²) in [6, 6.07) is 5.10. The maximum atomic E-state index is 12.4. The summed E-state index contributed by atoms with van der Waals surface area (Å²) in [4.78, 5) is 4.99. The summed E-state index contributed by atoms with van der Waals surface area (Å²) >= 11 is 1.42. The molecule has 0 spiro atoms. The summed E-state index contributed by atoms with van der Waals surface area (Å²) in [6.07, 6.45) is -2.63. The lowest BCUT2D eigenvalue weighted by molar-refractivity contribution is -0.137. The van der Waals surface area contributed by atoms with E-state index in [0.29, 0.717) is 0 Å². The number of hydrogen-bond acceptors (Lipinski definition) is 3. The van der Waals surface area contributed by atoms with Gasteiger partial charge in [0.2, 0.25) is 0 Å². The van der Waals surface area contributed by atoms with Gasteiger partial charge in [0.25, 0.3) is 0 Å². The lowest BCUT2D eigenvalue weighted by atomic mass is 10.1. The van der Waals surface area contributed by atoms with Gasteiger partial charge in [0.15, 0.2) is 5.13 Å². The first-order chi connectivity index (χ1) is 8.50. The highest BCUT2D eigenvalue weighted by molar-refractivity contribution is 7.18. The molecular formula is C12H11F3N2S. The van der Waals surface area contributed by atoms with Crippen molar-refractivity contribution >= 4 is 16.5 Å². The second-order valence-corrected chi connectivity index (χ2v) is 4.67. The highest BCUT2D eigenvalue weighted by Gasteiger charge is 2.29. The zero-order valence-corrected chi connectivity index (χ0v) is 10.4. The van der Waals surface area contributed by atoms with Gasteiger partial charge in [-0.15, -0.1) is 0 Å². The fourth-order valence-corrected chi connectivity index (χ4v) is 2.35. The topological polar surface area (TPSA) is 24.9 Å². The van der Waals surface area contributed by atoms with Crippen LogP contribution in [-0.4, -0.2) is 11.5 Å². The number of rotatable bonds is 3. The third-order valence-corrected chi connectivity index (χ3v) is 3.33. The molecule has 1 heterocycles. The predicted octanol–water partition coefficient (Wildman–Crippen LogP) is 4.26. The number of benzene rings is 1. The third kappa shape index (κ3) is 2.81. The maximum absolute atomic E-state index is 12.4. The van der Waals surface area contributed by atoms with E-state index in [1.54, 1.807) is 6.20 Å². The summed E-state index contributed by atoms with van der Waals surface area (Å²) < 4.78 is 37.2. The number of thiazole rings is 1. The molecule has 0 aliphatic rings. The lowest BCUT2D eigenvalue weighted by Gasteiger charge is -2.06. The molecule has 0 aliphatic heterocycles. The van der Waals surface area contributed by atoms with E-state index in [1.807, 2.05) is 6.92 Å². The highest BCUT2D eigenvalue weighted by Crippen LogP contribution is 2.33. The van der Waals surface area contributed by atoms with Crippen LogP contribution in [0.1, 0.15) is 12.5 Å². The van der Waals surface area contributed by atoms with Crippen molar-refractivity contribution in [3.8, 4) is 10.4 Å². The van der Waals surface area contributed by atoms with E-state index in [4.69, 9.17) is 0 Å². The molecule has 0 amide bonds. The lowest BCUT2D eigenvalue weighted by Crippen LogP contribution is -2.03. The molecule has 0 aliphatic carbocycles. The van der Waals surface area contributed by atoms with Crippen LogP contribution in [0.2, 0.25) is 0 Å². The molecule has 0 atom stereocenters. The minimum atomic E-state index is -4.29. The average Bonchev–Trinajstić information content (AvgIpc) is 2.77. The molecule has 0 radical (unpaired) electrons. The fraction of sp³-hybridized carbons (Fsp3) is 0.250. The Balaban J connectivity index is 2.23. The number of nitrogens with one attached hydrogen (secondary N) is 1. The maximum Gasteiger partial charge on any atom is 0.416 e. The SMILES string of the molecule is CCNc1ncc(-c2ccc(C(F)(F)F)cc2)s1. The molecule has 0 saturated heterocycles. The van der Waals surface area contributed by atoms with Crippen LogP contribution in [0.15, 0.2) is 30.5 Å². The second-order valence-electron chi connectivity index (χ2n) is 3.64. The third-order valence-electron chi connectivity index (χ3n) is 2.33. The van der Waals surface area contributed by atoms with Crippen LogP contribution in [0.3, 0.4) is 0 Å². The molecule has 0 unspecified atom stereocenters. The molecule has 0 saturated carbocycles. The summed E-state index contributed by atoms with van der Waals surface area (Å²) in [5.41, 5.74) is 0.104. The molecule has 6 heteroatoms. The normalized spacial score (nSPS) is 11.6. The number of aromatic nitrogens is 1. The van der Waals surface area contributed by atoms with Gasteiger partial charge in [-0.1, -0.05) is 23.5 Å². The monoisotopic (exact) mass is 272 g/mol. The van der Waals surface area contributed by atoms with Gasteiger partial charge >= 0.3 is 6.18 Å². The summed E-state index contributed by atoms with van der Waals surface area (Å²) in [5.74, 6) is 0. The number of halogens is 3. The largest absolute Gasteiger partial charge is 0.416 e. The van der Waals surface area contributed by atoms with Crippen LogP contribution in [0.4, 0.5) is 18.3 Å². The van der Waals surface area contributed by atoms with Gasteiger partial charge in [-0.25, -0.2) is 4.98 Å². The minimum absolute atomic E-state index is 0.636. The molecule has 2 aromatic rings. The second kappa shape index (κ2) is 4.97. The predicted molar refractivity (Wildman–Crippen MR) is 66.7 cm³/mol. The molecule has 2 rings (SSSR count). The summed E-state index contributed by atoms with van der Waals surface area (Å²) in [7, 11) is 0. The quantitative estimate of drug-likeness (QED) is 0.903. The summed E-state index contributed by atoms with van der Waals surface area (Å²) in [6.45, 7) is 2.72. The zero-order chi connectivity index (χ0) is 13.2. The smallest absolute Gasteiger partial charge is 0.362 e. The average molecular weight is 272 g/mol. The van der Waals surface area contributed by atoms with E-state index < -0.39 is 11.7 Å². The number of nitrogens with zero attached hydrogens (tertiary/aromatic N) is 1. The van der Waals surface area contributed by atoms with Gasteiger partial charge in [-0.3, -0.25) is 0 Å². The van der Waals surface area contributed by atoms with E-state index in [9.17, 15) is 13.2 Å². The van der Waals surface area contributed by atoms with Crippen LogP contribution in [0, 0.1) is 0 Å². The van der Waals surface area contributed by atoms with Gasteiger partial charge in [0.1, 0.15) is 0 Å². The van der Waals surface area contributed by atoms with Gasteiger partial charge in [-0.2, -0.15) is 13.2 Å². The molecule has 2 nitrogen and oxygen atoms in total. The van der Waals surface area contributed by atoms with Gasteiger partial charge < -0.3 is 5.32 Å². The van der Waals surface area contributed by atoms with Crippen molar-refractivity contribution in [1.82, 2.24) is 4.98 Å². The molecule has 0 fully saturated rings. The van der Waals surface area contributed by atoms with E-state index in [0.717, 1.165) is 34.2 Å². The first-order valence-electron chi connectivity index (χ1n) is 5.38. The Morgan fingerprint density at radius 1 is 1.22 bits per heavy atom. The van der Waals surface area contributed by atoms with E-state index in [-0.39, 0.29) is 0 Å². The van der Waals surface area contributed by atoms with Gasteiger partial charge in [0.05, 0.1) is 10.4 Å². The van der Waals surface area contributed by atoms with Crippen molar-refractivity contribution in [1.29, 1.82) is 0 Å². The van der Waals surface area contributed by atoms with Crippen LogP contribution < -0.4 is 5.32 Å².